The lowest BCUT2D eigenvalue weighted by molar-refractivity contribution is -0.136. The summed E-state index contributed by atoms with van der Waals surface area (Å²) in [6.07, 6.45) is 5.96. The predicted molar refractivity (Wildman–Crippen MR) is 262 cm³/mol. The van der Waals surface area contributed by atoms with Crippen LogP contribution in [0.4, 0.5) is 14.0 Å². The number of thiazole rings is 1. The topological polar surface area (TPSA) is 215 Å². The van der Waals surface area contributed by atoms with Crippen molar-refractivity contribution in [2.24, 2.45) is 11.8 Å². The number of nitrogens with zero attached hydrogens (tertiary/aromatic N) is 6. The van der Waals surface area contributed by atoms with Crippen LogP contribution in [0.15, 0.2) is 71.5 Å². The monoisotopic (exact) mass is 986 g/mol. The van der Waals surface area contributed by atoms with Crippen LogP contribution in [-0.4, -0.2) is 103 Å². The predicted octanol–water partition coefficient (Wildman–Crippen LogP) is 9.28. The molecule has 4 N–H and O–H groups in total. The molecule has 5 aromatic heterocycles. The number of aromatic nitrogens is 6. The number of aryl methyl sites for hydroxylation is 1. The van der Waals surface area contributed by atoms with Crippen LogP contribution in [0, 0.1) is 24.6 Å². The fourth-order valence-electron chi connectivity index (χ4n) is 10.0. The fourth-order valence-corrected chi connectivity index (χ4v) is 10.9. The number of hydrogen-bond donors (Lipinski definition) is 4. The third kappa shape index (κ3) is 8.78. The van der Waals surface area contributed by atoms with Crippen LogP contribution in [0.1, 0.15) is 94.0 Å². The molecule has 71 heavy (non-hydrogen) atoms. The van der Waals surface area contributed by atoms with E-state index in [4.69, 9.17) is 33.6 Å². The van der Waals surface area contributed by atoms with Gasteiger partial charge < -0.3 is 49.0 Å². The first-order valence-corrected chi connectivity index (χ1v) is 24.6. The number of fused-ring (bicyclic) bond motifs is 5. The number of imidazole rings is 2. The third-order valence-electron chi connectivity index (χ3n) is 13.6. The van der Waals surface area contributed by atoms with E-state index in [0.717, 1.165) is 45.6 Å². The highest BCUT2D eigenvalue weighted by atomic mass is 32.1. The van der Waals surface area contributed by atoms with Gasteiger partial charge in [0, 0.05) is 35.8 Å². The number of aromatic amines is 2. The second-order valence-corrected chi connectivity index (χ2v) is 20.0. The van der Waals surface area contributed by atoms with E-state index in [2.05, 4.69) is 20.6 Å². The lowest BCUT2D eigenvalue weighted by atomic mass is 10.0. The Morgan fingerprint density at radius 3 is 1.94 bits per heavy atom. The molecular formula is C51H55FN10O8S. The molecule has 7 aromatic rings. The summed E-state index contributed by atoms with van der Waals surface area (Å²) in [5.74, 6) is 1.62. The van der Waals surface area contributed by atoms with Gasteiger partial charge in [-0.25, -0.2) is 28.9 Å². The maximum atomic E-state index is 17.0. The van der Waals surface area contributed by atoms with Gasteiger partial charge in [-0.1, -0.05) is 33.8 Å². The molecule has 10 rings (SSSR count). The molecule has 1 unspecified atom stereocenters. The number of methoxy groups -OCH3 is 2. The minimum absolute atomic E-state index is 0.165. The van der Waals surface area contributed by atoms with Crippen LogP contribution in [0.3, 0.4) is 0 Å². The average Bonchev–Trinajstić information content (AvgIpc) is 4.22. The van der Waals surface area contributed by atoms with Crippen molar-refractivity contribution in [3.05, 3.63) is 95.2 Å². The van der Waals surface area contributed by atoms with Crippen LogP contribution in [0.25, 0.3) is 55.4 Å². The van der Waals surface area contributed by atoms with Gasteiger partial charge in [0.05, 0.1) is 71.7 Å². The molecule has 0 bridgehead atoms. The van der Waals surface area contributed by atoms with Gasteiger partial charge in [0.1, 0.15) is 41.1 Å². The number of nitrogens with one attached hydrogen (secondary N) is 4. The van der Waals surface area contributed by atoms with Gasteiger partial charge in [0.15, 0.2) is 10.8 Å². The highest BCUT2D eigenvalue weighted by Crippen LogP contribution is 2.49. The minimum atomic E-state index is -0.787. The van der Waals surface area contributed by atoms with Gasteiger partial charge in [0.2, 0.25) is 18.0 Å². The Bertz CT molecular complexity index is 3170. The number of hydrogen-bond acceptors (Lipinski definition) is 12. The molecule has 0 spiro atoms. The maximum absolute atomic E-state index is 17.0. The largest absolute Gasteiger partial charge is 0.464 e. The third-order valence-corrected chi connectivity index (χ3v) is 14.7. The smallest absolute Gasteiger partial charge is 0.407 e. The summed E-state index contributed by atoms with van der Waals surface area (Å²) < 4.78 is 41.4. The van der Waals surface area contributed by atoms with Crippen molar-refractivity contribution in [1.82, 2.24) is 49.9 Å². The zero-order chi connectivity index (χ0) is 49.8. The quantitative estimate of drug-likeness (QED) is 0.0905. The Morgan fingerprint density at radius 2 is 1.38 bits per heavy atom. The molecule has 18 nitrogen and oxygen atoms in total. The number of H-pyrrole nitrogens is 2. The number of likely N-dealkylation sites (tertiary alicyclic amines) is 2. The number of carbonyl (C=O) groups is 4. The molecule has 20 heteroatoms. The van der Waals surface area contributed by atoms with E-state index >= 15 is 4.39 Å². The maximum Gasteiger partial charge on any atom is 0.407 e. The van der Waals surface area contributed by atoms with E-state index in [0.29, 0.717) is 71.0 Å². The summed E-state index contributed by atoms with van der Waals surface area (Å²) >= 11 is 1.42. The molecule has 2 saturated heterocycles. The summed E-state index contributed by atoms with van der Waals surface area (Å²) in [4.78, 5) is 77.3. The number of ether oxygens (including phenoxy) is 3. The highest BCUT2D eigenvalue weighted by molar-refractivity contribution is 7.15. The molecule has 5 atom stereocenters. The number of benzene rings is 2. The van der Waals surface area contributed by atoms with Gasteiger partial charge in [-0.3, -0.25) is 14.2 Å². The van der Waals surface area contributed by atoms with E-state index in [1.165, 1.54) is 31.6 Å². The normalized spacial score (nSPS) is 18.4. The molecule has 0 radical (unpaired) electrons. The molecule has 3 aliphatic rings. The van der Waals surface area contributed by atoms with Crippen molar-refractivity contribution < 1.29 is 42.2 Å². The van der Waals surface area contributed by atoms with Crippen molar-refractivity contribution in [3.63, 3.8) is 0 Å². The van der Waals surface area contributed by atoms with E-state index in [-0.39, 0.29) is 41.3 Å². The van der Waals surface area contributed by atoms with Crippen LogP contribution in [0.2, 0.25) is 0 Å². The molecule has 0 aliphatic carbocycles. The van der Waals surface area contributed by atoms with Crippen LogP contribution >= 0.6 is 11.3 Å². The lowest BCUT2D eigenvalue weighted by Crippen LogP contribution is -2.51. The molecule has 2 aromatic carbocycles. The van der Waals surface area contributed by atoms with E-state index in [1.807, 2.05) is 75.6 Å². The van der Waals surface area contributed by atoms with Crippen molar-refractivity contribution in [2.45, 2.75) is 90.7 Å². The molecule has 3 aliphatic heterocycles. The van der Waals surface area contributed by atoms with E-state index in [9.17, 15) is 19.2 Å². The highest BCUT2D eigenvalue weighted by Gasteiger charge is 2.40. The number of halogens is 1. The summed E-state index contributed by atoms with van der Waals surface area (Å²) in [5.41, 5.74) is 4.31. The second kappa shape index (κ2) is 19.0. The number of furan rings is 1. The fraction of sp³-hybridized carbons (Fsp3) is 0.392. The number of carbonyl (C=O) groups excluding carboxylic acids is 4. The molecule has 4 amide bonds. The van der Waals surface area contributed by atoms with Gasteiger partial charge >= 0.3 is 12.2 Å². The standard InChI is InChI=1S/C51H55FN10O8S/c1-25(2)42(58-50(65)67-6)47(63)60-16-8-10-35(60)44-53-22-32(56-44)28-13-14-34-30(18-28)20-37-41-31(52)19-29(21-39(41)70-49(62(34)37)40-24-55-46(71-40)38-15-12-27(5)69-38)33-23-54-45(57-33)36-11-9-17-61(36)48(64)43(26(3)4)59-51(66)68-7/h12-15,18-26,35-36,42-43,49H,8-11,16-17H2,1-7H3,(H,53,56)(H,54,57)(H,58,65)(H,59,66)/t35-,36-,42-,43-,49?/m0/s1. The number of amides is 4. The number of rotatable bonds is 12. The van der Waals surface area contributed by atoms with Crippen molar-refractivity contribution >= 4 is 46.2 Å². The molecular weight excluding hydrogens is 932 g/mol. The Labute approximate surface area is 412 Å². The first kappa shape index (κ1) is 47.2. The summed E-state index contributed by atoms with van der Waals surface area (Å²) in [7, 11) is 2.53. The van der Waals surface area contributed by atoms with E-state index in [1.54, 1.807) is 34.5 Å². The lowest BCUT2D eigenvalue weighted by Gasteiger charge is -2.30. The first-order valence-electron chi connectivity index (χ1n) is 23.8. The van der Waals surface area contributed by atoms with Crippen molar-refractivity contribution in [1.29, 1.82) is 0 Å². The zero-order valence-corrected chi connectivity index (χ0v) is 41.2. The summed E-state index contributed by atoms with van der Waals surface area (Å²) in [6, 6.07) is 12.7. The van der Waals surface area contributed by atoms with Gasteiger partial charge in [-0.2, -0.15) is 0 Å². The SMILES string of the molecule is COC(=O)N[C@H](C(=O)N1CCC[C@H]1c1ncc(-c2cc(F)c3c(c2)OC(c2cnc(-c4ccc(C)o4)s2)n2c-3cc3cc(-c4cnc([C@@H]5CCCN5C(=O)[C@@H](NC(=O)OC)C(C)C)[nH]4)ccc32)[nH]1)C(C)C. The molecule has 2 fully saturated rings. The minimum Gasteiger partial charge on any atom is -0.464 e. The van der Waals surface area contributed by atoms with Gasteiger partial charge in [-0.05, 0) is 86.9 Å². The molecule has 0 saturated carbocycles. The summed E-state index contributed by atoms with van der Waals surface area (Å²) in [6.45, 7) is 10.4. The second-order valence-electron chi connectivity index (χ2n) is 18.9. The Morgan fingerprint density at radius 1 is 0.775 bits per heavy atom. The van der Waals surface area contributed by atoms with Crippen molar-refractivity contribution in [2.75, 3.05) is 27.3 Å². The van der Waals surface area contributed by atoms with Crippen molar-refractivity contribution in [3.8, 4) is 50.3 Å². The average molecular weight is 987 g/mol. The number of alkyl carbamates (subject to hydrolysis) is 2. The zero-order valence-electron chi connectivity index (χ0n) is 40.4. The first-order chi connectivity index (χ1) is 34.2. The van der Waals surface area contributed by atoms with Crippen LogP contribution in [-0.2, 0) is 19.1 Å². The van der Waals surface area contributed by atoms with Crippen LogP contribution < -0.4 is 15.4 Å². The Balaban J connectivity index is 0.983. The van der Waals surface area contributed by atoms with E-state index < -0.39 is 36.3 Å². The molecule has 8 heterocycles. The Kier molecular flexibility index (Phi) is 12.7. The van der Waals surface area contributed by atoms with Crippen LogP contribution in [0.5, 0.6) is 5.75 Å². The molecule has 370 valence electrons. The Hall–Kier alpha value is -7.48. The summed E-state index contributed by atoms with van der Waals surface area (Å²) in [5, 5.41) is 6.88. The van der Waals surface area contributed by atoms with Gasteiger partial charge in [0.25, 0.3) is 0 Å². The van der Waals surface area contributed by atoms with Gasteiger partial charge in [-0.15, -0.1) is 11.3 Å².